The average molecular weight is 205 g/mol. The van der Waals surface area contributed by atoms with E-state index in [1.165, 1.54) is 0 Å². The van der Waals surface area contributed by atoms with Gasteiger partial charge in [0.25, 0.3) is 0 Å². The zero-order valence-electron chi connectivity index (χ0n) is 8.28. The number of carbonyl (C=O) groups excluding carboxylic acids is 1. The van der Waals surface area contributed by atoms with Crippen LogP contribution in [0.25, 0.3) is 0 Å². The Kier molecular flexibility index (Phi) is 3.98. The summed E-state index contributed by atoms with van der Waals surface area (Å²) in [6.07, 6.45) is 0. The van der Waals surface area contributed by atoms with E-state index in [-0.39, 0.29) is 6.54 Å². The van der Waals surface area contributed by atoms with Gasteiger partial charge in [-0.1, -0.05) is 0 Å². The van der Waals surface area contributed by atoms with Crippen molar-refractivity contribution in [1.29, 1.82) is 5.26 Å². The fourth-order valence-corrected chi connectivity index (χ4v) is 0.969. The van der Waals surface area contributed by atoms with Gasteiger partial charge in [0.1, 0.15) is 12.3 Å². The second kappa shape index (κ2) is 5.50. The molecule has 1 aromatic rings. The third-order valence-electron chi connectivity index (χ3n) is 1.68. The summed E-state index contributed by atoms with van der Waals surface area (Å²) in [5, 5.41) is 13.2. The molecule has 0 saturated heterocycles. The van der Waals surface area contributed by atoms with Gasteiger partial charge >= 0.3 is 6.03 Å². The van der Waals surface area contributed by atoms with Crippen LogP contribution in [-0.2, 0) is 0 Å². The summed E-state index contributed by atoms with van der Waals surface area (Å²) in [4.78, 5) is 11.1. The van der Waals surface area contributed by atoms with Crippen LogP contribution in [0.2, 0.25) is 0 Å². The summed E-state index contributed by atoms with van der Waals surface area (Å²) >= 11 is 0. The number of anilines is 1. The van der Waals surface area contributed by atoms with Crippen LogP contribution in [-0.4, -0.2) is 19.7 Å². The number of hydrogen-bond acceptors (Lipinski definition) is 3. The van der Waals surface area contributed by atoms with Crippen molar-refractivity contribution in [3.8, 4) is 11.8 Å². The number of ether oxygens (including phenoxy) is 1. The van der Waals surface area contributed by atoms with Crippen LogP contribution in [0.4, 0.5) is 10.5 Å². The SMILES string of the molecule is COc1ccc(NC(=O)NCC#N)cc1. The van der Waals surface area contributed by atoms with Crippen molar-refractivity contribution in [3.05, 3.63) is 24.3 Å². The second-order valence-electron chi connectivity index (χ2n) is 2.69. The fraction of sp³-hybridized carbons (Fsp3) is 0.200. The van der Waals surface area contributed by atoms with Gasteiger partial charge in [-0.3, -0.25) is 0 Å². The van der Waals surface area contributed by atoms with Crippen LogP contribution < -0.4 is 15.4 Å². The Bertz CT molecular complexity index is 367. The zero-order chi connectivity index (χ0) is 11.1. The van der Waals surface area contributed by atoms with Crippen LogP contribution >= 0.6 is 0 Å². The summed E-state index contributed by atoms with van der Waals surface area (Å²) in [6, 6.07) is 8.31. The molecule has 15 heavy (non-hydrogen) atoms. The summed E-state index contributed by atoms with van der Waals surface area (Å²) < 4.78 is 4.97. The van der Waals surface area contributed by atoms with E-state index in [0.717, 1.165) is 5.75 Å². The van der Waals surface area contributed by atoms with E-state index in [9.17, 15) is 4.79 Å². The molecule has 0 aromatic heterocycles. The molecule has 2 N–H and O–H groups in total. The lowest BCUT2D eigenvalue weighted by Gasteiger charge is -2.05. The molecule has 0 unspecified atom stereocenters. The number of amides is 2. The lowest BCUT2D eigenvalue weighted by atomic mass is 10.3. The van der Waals surface area contributed by atoms with Crippen LogP contribution in [0, 0.1) is 11.3 Å². The van der Waals surface area contributed by atoms with E-state index in [1.54, 1.807) is 31.4 Å². The Morgan fingerprint density at radius 2 is 2.13 bits per heavy atom. The van der Waals surface area contributed by atoms with Crippen LogP contribution in [0.1, 0.15) is 0 Å². The van der Waals surface area contributed by atoms with Gasteiger partial charge in [-0.05, 0) is 24.3 Å². The van der Waals surface area contributed by atoms with Gasteiger partial charge in [0.2, 0.25) is 0 Å². The first kappa shape index (κ1) is 10.9. The average Bonchev–Trinajstić information content (AvgIpc) is 2.27. The molecular formula is C10H11N3O2. The van der Waals surface area contributed by atoms with E-state index in [1.807, 2.05) is 6.07 Å². The maximum atomic E-state index is 11.1. The van der Waals surface area contributed by atoms with Gasteiger partial charge in [-0.25, -0.2) is 4.79 Å². The molecule has 0 radical (unpaired) electrons. The highest BCUT2D eigenvalue weighted by atomic mass is 16.5. The van der Waals surface area contributed by atoms with Crippen LogP contribution in [0.5, 0.6) is 5.75 Å². The number of nitrogens with zero attached hydrogens (tertiary/aromatic N) is 1. The van der Waals surface area contributed by atoms with Crippen LogP contribution in [0.3, 0.4) is 0 Å². The monoisotopic (exact) mass is 205 g/mol. The van der Waals surface area contributed by atoms with E-state index < -0.39 is 6.03 Å². The molecule has 0 atom stereocenters. The molecule has 0 fully saturated rings. The van der Waals surface area contributed by atoms with Crippen molar-refractivity contribution in [2.24, 2.45) is 0 Å². The Morgan fingerprint density at radius 1 is 1.47 bits per heavy atom. The molecule has 0 bridgehead atoms. The predicted octanol–water partition coefficient (Wildman–Crippen LogP) is 1.34. The molecule has 2 amide bonds. The molecule has 5 heteroatoms. The maximum Gasteiger partial charge on any atom is 0.320 e. The lowest BCUT2D eigenvalue weighted by molar-refractivity contribution is 0.253. The first-order valence-corrected chi connectivity index (χ1v) is 4.32. The Labute approximate surface area is 87.7 Å². The molecule has 78 valence electrons. The Morgan fingerprint density at radius 3 is 2.67 bits per heavy atom. The summed E-state index contributed by atoms with van der Waals surface area (Å²) in [6.45, 7) is -0.0119. The molecule has 0 saturated carbocycles. The number of carbonyl (C=O) groups is 1. The predicted molar refractivity (Wildman–Crippen MR) is 55.6 cm³/mol. The minimum absolute atomic E-state index is 0.0119. The normalized spacial score (nSPS) is 8.80. The van der Waals surface area contributed by atoms with E-state index in [2.05, 4.69) is 10.6 Å². The zero-order valence-corrected chi connectivity index (χ0v) is 8.28. The minimum Gasteiger partial charge on any atom is -0.497 e. The lowest BCUT2D eigenvalue weighted by Crippen LogP contribution is -2.28. The van der Waals surface area contributed by atoms with Crippen molar-refractivity contribution >= 4 is 11.7 Å². The molecule has 0 aliphatic rings. The molecule has 0 aliphatic heterocycles. The van der Waals surface area contributed by atoms with E-state index in [0.29, 0.717) is 5.69 Å². The van der Waals surface area contributed by atoms with Gasteiger partial charge in [-0.15, -0.1) is 0 Å². The first-order chi connectivity index (χ1) is 7.26. The standard InChI is InChI=1S/C10H11N3O2/c1-15-9-4-2-8(3-5-9)13-10(14)12-7-6-11/h2-5H,7H2,1H3,(H2,12,13,14). The van der Waals surface area contributed by atoms with Gasteiger partial charge in [0.05, 0.1) is 13.2 Å². The molecule has 0 heterocycles. The van der Waals surface area contributed by atoms with Crippen molar-refractivity contribution in [2.45, 2.75) is 0 Å². The molecular weight excluding hydrogens is 194 g/mol. The van der Waals surface area contributed by atoms with E-state index >= 15 is 0 Å². The number of rotatable bonds is 3. The summed E-state index contributed by atoms with van der Waals surface area (Å²) in [5.74, 6) is 0.720. The summed E-state index contributed by atoms with van der Waals surface area (Å²) in [5.41, 5.74) is 0.645. The molecule has 0 spiro atoms. The first-order valence-electron chi connectivity index (χ1n) is 4.32. The fourth-order valence-electron chi connectivity index (χ4n) is 0.969. The van der Waals surface area contributed by atoms with Crippen molar-refractivity contribution in [3.63, 3.8) is 0 Å². The third-order valence-corrected chi connectivity index (χ3v) is 1.68. The maximum absolute atomic E-state index is 11.1. The van der Waals surface area contributed by atoms with Gasteiger partial charge in [-0.2, -0.15) is 5.26 Å². The number of benzene rings is 1. The highest BCUT2D eigenvalue weighted by Gasteiger charge is 1.99. The van der Waals surface area contributed by atoms with E-state index in [4.69, 9.17) is 10.00 Å². The molecule has 0 aliphatic carbocycles. The molecule has 1 rings (SSSR count). The van der Waals surface area contributed by atoms with Gasteiger partial charge in [0.15, 0.2) is 0 Å². The highest BCUT2D eigenvalue weighted by Crippen LogP contribution is 2.14. The number of urea groups is 1. The number of nitrogens with one attached hydrogen (secondary N) is 2. The van der Waals surface area contributed by atoms with Gasteiger partial charge in [0, 0.05) is 5.69 Å². The topological polar surface area (TPSA) is 74.2 Å². The minimum atomic E-state index is -0.401. The third kappa shape index (κ3) is 3.56. The van der Waals surface area contributed by atoms with Crippen molar-refractivity contribution in [1.82, 2.24) is 5.32 Å². The quantitative estimate of drug-likeness (QED) is 0.731. The van der Waals surface area contributed by atoms with Crippen molar-refractivity contribution in [2.75, 3.05) is 19.0 Å². The molecule has 1 aromatic carbocycles. The number of hydrogen-bond donors (Lipinski definition) is 2. The summed E-state index contributed by atoms with van der Waals surface area (Å²) in [7, 11) is 1.57. The number of nitriles is 1. The van der Waals surface area contributed by atoms with Gasteiger partial charge < -0.3 is 15.4 Å². The Hall–Kier alpha value is -2.22. The largest absolute Gasteiger partial charge is 0.497 e. The smallest absolute Gasteiger partial charge is 0.320 e. The second-order valence-corrected chi connectivity index (χ2v) is 2.69. The highest BCUT2D eigenvalue weighted by molar-refractivity contribution is 5.89. The Balaban J connectivity index is 2.50. The molecule has 5 nitrogen and oxygen atoms in total. The van der Waals surface area contributed by atoms with Crippen molar-refractivity contribution < 1.29 is 9.53 Å². The number of methoxy groups -OCH3 is 1. The van der Waals surface area contributed by atoms with Crippen LogP contribution in [0.15, 0.2) is 24.3 Å².